The molecule has 4 rings (SSSR count). The first-order valence-electron chi connectivity index (χ1n) is 9.18. The van der Waals surface area contributed by atoms with Crippen LogP contribution in [0.15, 0.2) is 39.5 Å². The molecular formula is C20H18O12. The number of hydrogen-bond donors (Lipinski definition) is 8. The SMILES string of the molecule is O=c1c(O[C@@H]2O[C@@H](O)[C@@H](O)[C@H](O)[C@H]2O)c(-c2ccc(O)c(O)c2)oc2cc(O)cc(O)c12. The lowest BCUT2D eigenvalue weighted by atomic mass is 10.0. The van der Waals surface area contributed by atoms with Crippen LogP contribution in [0, 0.1) is 0 Å². The lowest BCUT2D eigenvalue weighted by molar-refractivity contribution is -0.321. The summed E-state index contributed by atoms with van der Waals surface area (Å²) in [7, 11) is 0. The molecule has 170 valence electrons. The van der Waals surface area contributed by atoms with Gasteiger partial charge in [-0.3, -0.25) is 4.79 Å². The minimum atomic E-state index is -1.96. The van der Waals surface area contributed by atoms with Gasteiger partial charge in [-0.05, 0) is 18.2 Å². The van der Waals surface area contributed by atoms with Gasteiger partial charge < -0.3 is 54.7 Å². The fourth-order valence-electron chi connectivity index (χ4n) is 3.27. The van der Waals surface area contributed by atoms with Crippen LogP contribution < -0.4 is 10.2 Å². The van der Waals surface area contributed by atoms with Gasteiger partial charge in [0, 0.05) is 17.7 Å². The van der Waals surface area contributed by atoms with Crippen LogP contribution in [0.2, 0.25) is 0 Å². The van der Waals surface area contributed by atoms with Crippen LogP contribution in [0.3, 0.4) is 0 Å². The average Bonchev–Trinajstić information content (AvgIpc) is 2.73. The van der Waals surface area contributed by atoms with Crippen molar-refractivity contribution in [1.82, 2.24) is 0 Å². The van der Waals surface area contributed by atoms with Gasteiger partial charge in [-0.1, -0.05) is 0 Å². The number of fused-ring (bicyclic) bond motifs is 1. The van der Waals surface area contributed by atoms with E-state index >= 15 is 0 Å². The molecule has 3 aromatic rings. The average molecular weight is 450 g/mol. The van der Waals surface area contributed by atoms with E-state index in [4.69, 9.17) is 13.9 Å². The smallest absolute Gasteiger partial charge is 0.239 e. The minimum Gasteiger partial charge on any atom is -0.508 e. The van der Waals surface area contributed by atoms with Crippen molar-refractivity contribution in [2.45, 2.75) is 30.9 Å². The second kappa shape index (κ2) is 7.85. The molecule has 5 atom stereocenters. The summed E-state index contributed by atoms with van der Waals surface area (Å²) in [4.78, 5) is 13.2. The standard InChI is InChI=1S/C20H18O12/c21-7-4-10(24)12-11(5-7)30-17(6-1-2-8(22)9(23)3-6)18(13(12)25)31-20-16(28)14(26)15(27)19(29)32-20/h1-5,14-16,19-24,26-29H/t14-,15-,16+,19+,20+/m0/s1. The highest BCUT2D eigenvalue weighted by Crippen LogP contribution is 2.39. The van der Waals surface area contributed by atoms with Crippen molar-refractivity contribution >= 4 is 11.0 Å². The molecule has 0 bridgehead atoms. The van der Waals surface area contributed by atoms with Gasteiger partial charge in [0.1, 0.15) is 40.8 Å². The number of phenols is 4. The van der Waals surface area contributed by atoms with Crippen molar-refractivity contribution in [3.63, 3.8) is 0 Å². The lowest BCUT2D eigenvalue weighted by Crippen LogP contribution is -2.59. The van der Waals surface area contributed by atoms with Gasteiger partial charge >= 0.3 is 0 Å². The molecule has 1 aliphatic rings. The molecule has 8 N–H and O–H groups in total. The summed E-state index contributed by atoms with van der Waals surface area (Å²) in [6.07, 6.45) is -9.45. The second-order valence-corrected chi connectivity index (χ2v) is 7.12. The Balaban J connectivity index is 1.92. The number of phenolic OH excluding ortho intramolecular Hbond substituents is 4. The molecule has 32 heavy (non-hydrogen) atoms. The number of benzene rings is 2. The Morgan fingerprint density at radius 1 is 0.812 bits per heavy atom. The van der Waals surface area contributed by atoms with Crippen molar-refractivity contribution in [3.8, 4) is 40.1 Å². The molecule has 2 aromatic carbocycles. The van der Waals surface area contributed by atoms with Gasteiger partial charge in [0.25, 0.3) is 0 Å². The molecule has 0 aliphatic carbocycles. The number of aliphatic hydroxyl groups excluding tert-OH is 4. The first-order chi connectivity index (χ1) is 15.1. The number of aliphatic hydroxyl groups is 4. The highest BCUT2D eigenvalue weighted by Gasteiger charge is 2.45. The molecule has 1 fully saturated rings. The van der Waals surface area contributed by atoms with Crippen molar-refractivity contribution in [2.75, 3.05) is 0 Å². The Hall–Kier alpha value is -3.55. The number of rotatable bonds is 3. The number of hydrogen-bond acceptors (Lipinski definition) is 12. The van der Waals surface area contributed by atoms with Crippen LogP contribution in [-0.4, -0.2) is 71.7 Å². The molecule has 0 amide bonds. The van der Waals surface area contributed by atoms with E-state index in [9.17, 15) is 45.6 Å². The van der Waals surface area contributed by atoms with Gasteiger partial charge in [0.2, 0.25) is 17.5 Å². The van der Waals surface area contributed by atoms with Gasteiger partial charge in [0.15, 0.2) is 23.5 Å². The van der Waals surface area contributed by atoms with Crippen LogP contribution in [0.4, 0.5) is 0 Å². The Bertz CT molecular complexity index is 1240. The summed E-state index contributed by atoms with van der Waals surface area (Å²) >= 11 is 0. The molecule has 0 radical (unpaired) electrons. The van der Waals surface area contributed by atoms with E-state index in [2.05, 4.69) is 0 Å². The summed E-state index contributed by atoms with van der Waals surface area (Å²) in [6, 6.07) is 5.29. The molecule has 0 spiro atoms. The highest BCUT2D eigenvalue weighted by atomic mass is 16.7. The molecular weight excluding hydrogens is 432 g/mol. The van der Waals surface area contributed by atoms with Gasteiger partial charge in [-0.25, -0.2) is 0 Å². The zero-order valence-corrected chi connectivity index (χ0v) is 16.0. The van der Waals surface area contributed by atoms with E-state index in [-0.39, 0.29) is 16.9 Å². The maximum absolute atomic E-state index is 13.2. The highest BCUT2D eigenvalue weighted by molar-refractivity contribution is 5.88. The Morgan fingerprint density at radius 2 is 1.53 bits per heavy atom. The van der Waals surface area contributed by atoms with Crippen molar-refractivity contribution in [1.29, 1.82) is 0 Å². The molecule has 1 saturated heterocycles. The zero-order chi connectivity index (χ0) is 23.3. The van der Waals surface area contributed by atoms with E-state index in [0.29, 0.717) is 0 Å². The van der Waals surface area contributed by atoms with Crippen LogP contribution in [-0.2, 0) is 4.74 Å². The molecule has 12 nitrogen and oxygen atoms in total. The summed E-state index contributed by atoms with van der Waals surface area (Å²) in [5.74, 6) is -3.15. The Morgan fingerprint density at radius 3 is 2.22 bits per heavy atom. The van der Waals surface area contributed by atoms with E-state index < -0.39 is 70.5 Å². The largest absolute Gasteiger partial charge is 0.508 e. The number of ether oxygens (including phenoxy) is 2. The third-order valence-corrected chi connectivity index (χ3v) is 4.93. The first kappa shape index (κ1) is 21.7. The zero-order valence-electron chi connectivity index (χ0n) is 16.0. The molecule has 1 aromatic heterocycles. The quantitative estimate of drug-likeness (QED) is 0.236. The van der Waals surface area contributed by atoms with Gasteiger partial charge in [-0.15, -0.1) is 0 Å². The molecule has 1 aliphatic heterocycles. The van der Waals surface area contributed by atoms with Crippen molar-refractivity contribution in [2.24, 2.45) is 0 Å². The predicted octanol–water partition coefficient (Wildman–Crippen LogP) is -0.581. The topological polar surface area (TPSA) is 211 Å². The van der Waals surface area contributed by atoms with Crippen LogP contribution in [0.25, 0.3) is 22.3 Å². The molecule has 0 unspecified atom stereocenters. The maximum atomic E-state index is 13.2. The van der Waals surface area contributed by atoms with Crippen molar-refractivity contribution in [3.05, 3.63) is 40.6 Å². The second-order valence-electron chi connectivity index (χ2n) is 7.12. The van der Waals surface area contributed by atoms with E-state index in [1.54, 1.807) is 0 Å². The van der Waals surface area contributed by atoms with Crippen LogP contribution in [0.1, 0.15) is 0 Å². The summed E-state index contributed by atoms with van der Waals surface area (Å²) in [6.45, 7) is 0. The normalized spacial score (nSPS) is 25.7. The van der Waals surface area contributed by atoms with Crippen LogP contribution >= 0.6 is 0 Å². The Kier molecular flexibility index (Phi) is 5.32. The summed E-state index contributed by atoms with van der Waals surface area (Å²) in [5.41, 5.74) is -1.25. The monoisotopic (exact) mass is 450 g/mol. The fraction of sp³-hybridized carbons (Fsp3) is 0.250. The molecule has 0 saturated carbocycles. The van der Waals surface area contributed by atoms with E-state index in [1.165, 1.54) is 6.07 Å². The third-order valence-electron chi connectivity index (χ3n) is 4.93. The third kappa shape index (κ3) is 3.55. The lowest BCUT2D eigenvalue weighted by Gasteiger charge is -2.37. The Labute approximate surface area is 178 Å². The molecule has 12 heteroatoms. The minimum absolute atomic E-state index is 0.00330. The van der Waals surface area contributed by atoms with Gasteiger partial charge in [-0.2, -0.15) is 0 Å². The number of aromatic hydroxyl groups is 4. The van der Waals surface area contributed by atoms with Crippen LogP contribution in [0.5, 0.6) is 28.7 Å². The fourth-order valence-corrected chi connectivity index (χ4v) is 3.27. The molecule has 2 heterocycles. The maximum Gasteiger partial charge on any atom is 0.239 e. The van der Waals surface area contributed by atoms with E-state index in [1.807, 2.05) is 0 Å². The first-order valence-corrected chi connectivity index (χ1v) is 9.18. The summed E-state index contributed by atoms with van der Waals surface area (Å²) in [5, 5.41) is 78.3. The van der Waals surface area contributed by atoms with Crippen molar-refractivity contribution < 1.29 is 54.7 Å². The summed E-state index contributed by atoms with van der Waals surface area (Å²) < 4.78 is 16.0. The van der Waals surface area contributed by atoms with E-state index in [0.717, 1.165) is 24.3 Å². The predicted molar refractivity (Wildman–Crippen MR) is 104 cm³/mol. The van der Waals surface area contributed by atoms with Gasteiger partial charge in [0.05, 0.1) is 0 Å².